The first-order chi connectivity index (χ1) is 11.0. The number of halogens is 1. The highest BCUT2D eigenvalue weighted by atomic mass is 79.9. The van der Waals surface area contributed by atoms with E-state index in [0.29, 0.717) is 21.7 Å². The molecule has 3 rings (SSSR count). The van der Waals surface area contributed by atoms with Crippen molar-refractivity contribution in [3.63, 3.8) is 0 Å². The largest absolute Gasteiger partial charge is 0.496 e. The molecule has 0 aliphatic carbocycles. The van der Waals surface area contributed by atoms with E-state index in [9.17, 15) is 9.90 Å². The van der Waals surface area contributed by atoms with Crippen LogP contribution in [-0.4, -0.2) is 16.8 Å². The van der Waals surface area contributed by atoms with Gasteiger partial charge in [-0.25, -0.2) is 0 Å². The van der Waals surface area contributed by atoms with Gasteiger partial charge in [0.2, 0.25) is 11.7 Å². The van der Waals surface area contributed by atoms with E-state index in [1.807, 2.05) is 0 Å². The monoisotopic (exact) mass is 395 g/mol. The van der Waals surface area contributed by atoms with E-state index in [1.54, 1.807) is 18.2 Å². The minimum atomic E-state index is -0.240. The molecular weight excluding hydrogens is 386 g/mol. The molecule has 1 aromatic heterocycles. The lowest BCUT2D eigenvalue weighted by Crippen LogP contribution is -2.15. The molecular formula is C13H10BrN5O3S. The second-order valence-electron chi connectivity index (χ2n) is 4.54. The van der Waals surface area contributed by atoms with Gasteiger partial charge >= 0.3 is 4.87 Å². The van der Waals surface area contributed by atoms with Gasteiger partial charge in [0.15, 0.2) is 0 Å². The van der Waals surface area contributed by atoms with E-state index in [4.69, 9.17) is 4.74 Å². The van der Waals surface area contributed by atoms with E-state index in [2.05, 4.69) is 36.6 Å². The predicted octanol–water partition coefficient (Wildman–Crippen LogP) is 1.65. The Morgan fingerprint density at radius 1 is 1.35 bits per heavy atom. The van der Waals surface area contributed by atoms with Gasteiger partial charge in [0.05, 0.1) is 17.2 Å². The van der Waals surface area contributed by atoms with Crippen molar-refractivity contribution in [3.05, 3.63) is 41.6 Å². The molecule has 1 N–H and O–H groups in total. The van der Waals surface area contributed by atoms with Gasteiger partial charge in [-0.1, -0.05) is 27.3 Å². The summed E-state index contributed by atoms with van der Waals surface area (Å²) in [5, 5.41) is 25.9. The summed E-state index contributed by atoms with van der Waals surface area (Å²) in [5.41, 5.74) is 0. The minimum Gasteiger partial charge on any atom is -0.496 e. The van der Waals surface area contributed by atoms with Gasteiger partial charge in [0.1, 0.15) is 5.75 Å². The third-order valence-corrected chi connectivity index (χ3v) is 4.83. The Labute approximate surface area is 141 Å². The molecule has 0 bridgehead atoms. The Hall–Kier alpha value is -2.33. The zero-order valence-electron chi connectivity index (χ0n) is 12.0. The van der Waals surface area contributed by atoms with Crippen LogP contribution in [0.4, 0.5) is 0 Å². The van der Waals surface area contributed by atoms with Crippen molar-refractivity contribution >= 4 is 39.2 Å². The molecule has 0 fully saturated rings. The predicted molar refractivity (Wildman–Crippen MR) is 87.9 cm³/mol. The van der Waals surface area contributed by atoms with Gasteiger partial charge in [0.25, 0.3) is 0 Å². The topological polar surface area (TPSA) is 101 Å². The lowest BCUT2D eigenvalue weighted by molar-refractivity contribution is 0.410. The van der Waals surface area contributed by atoms with Crippen LogP contribution in [0.3, 0.4) is 0 Å². The molecule has 0 saturated heterocycles. The summed E-state index contributed by atoms with van der Waals surface area (Å²) in [5.74, 6) is 0.793. The minimum absolute atomic E-state index is 0.0808. The van der Waals surface area contributed by atoms with Crippen LogP contribution in [0.15, 0.2) is 42.1 Å². The van der Waals surface area contributed by atoms with Crippen LogP contribution in [0, 0.1) is 0 Å². The zero-order valence-corrected chi connectivity index (χ0v) is 14.4. The molecule has 0 atom stereocenters. The molecule has 0 spiro atoms. The van der Waals surface area contributed by atoms with Crippen molar-refractivity contribution in [2.75, 3.05) is 7.11 Å². The van der Waals surface area contributed by atoms with E-state index in [1.165, 1.54) is 18.7 Å². The standard InChI is InChI=1S/C13H10BrN5O3S/c1-19-12(20)10(23-13(19)21)4-6-3-9(22-2)7(5-8(6)14)11-15-17-18-16-11/h3-5,20H,1-2H3/b6-4+. The SMILES string of the molecule is COc1c/c(=C\c2sc(=O)n(C)c2O)c(Br)cc1=C1N=NN=N1. The number of methoxy groups -OCH3 is 1. The summed E-state index contributed by atoms with van der Waals surface area (Å²) in [6, 6.07) is 3.52. The first kappa shape index (κ1) is 15.6. The molecule has 0 unspecified atom stereocenters. The molecule has 0 amide bonds. The maximum atomic E-state index is 11.6. The Bertz CT molecular complexity index is 1010. The number of aromatic hydroxyl groups is 1. The van der Waals surface area contributed by atoms with E-state index in [-0.39, 0.29) is 10.8 Å². The first-order valence-electron chi connectivity index (χ1n) is 6.31. The number of thiazole rings is 1. The van der Waals surface area contributed by atoms with Crippen LogP contribution in [0.2, 0.25) is 0 Å². The van der Waals surface area contributed by atoms with Crippen molar-refractivity contribution in [3.8, 4) is 11.6 Å². The maximum Gasteiger partial charge on any atom is 0.310 e. The zero-order chi connectivity index (χ0) is 16.6. The van der Waals surface area contributed by atoms with Crippen LogP contribution in [-0.2, 0) is 7.05 Å². The number of benzene rings is 1. The lowest BCUT2D eigenvalue weighted by Gasteiger charge is -2.03. The normalized spacial score (nSPS) is 14.0. The van der Waals surface area contributed by atoms with Gasteiger partial charge in [0, 0.05) is 11.5 Å². The van der Waals surface area contributed by atoms with Gasteiger partial charge in [-0.15, -0.1) is 10.2 Å². The average Bonchev–Trinajstić information content (AvgIpc) is 3.15. The van der Waals surface area contributed by atoms with Crippen LogP contribution >= 0.6 is 27.3 Å². The van der Waals surface area contributed by atoms with Crippen molar-refractivity contribution in [2.45, 2.75) is 0 Å². The second kappa shape index (κ2) is 6.05. The van der Waals surface area contributed by atoms with Crippen LogP contribution in [0.5, 0.6) is 11.6 Å². The van der Waals surface area contributed by atoms with Gasteiger partial charge in [-0.2, -0.15) is 0 Å². The summed E-state index contributed by atoms with van der Waals surface area (Å²) in [4.78, 5) is 11.8. The van der Waals surface area contributed by atoms with Crippen molar-refractivity contribution in [2.24, 2.45) is 27.7 Å². The Morgan fingerprint density at radius 2 is 2.04 bits per heavy atom. The number of aromatic nitrogens is 1. The van der Waals surface area contributed by atoms with E-state index < -0.39 is 0 Å². The molecule has 118 valence electrons. The summed E-state index contributed by atoms with van der Waals surface area (Å²) in [7, 11) is 3.04. The quantitative estimate of drug-likeness (QED) is 0.835. The Morgan fingerprint density at radius 3 is 2.61 bits per heavy atom. The van der Waals surface area contributed by atoms with E-state index >= 15 is 0 Å². The molecule has 1 aromatic carbocycles. The number of nitrogens with zero attached hydrogens (tertiary/aromatic N) is 5. The summed E-state index contributed by atoms with van der Waals surface area (Å²) >= 11 is 4.41. The first-order valence-corrected chi connectivity index (χ1v) is 7.92. The number of ether oxygens (including phenoxy) is 1. The Balaban J connectivity index is 2.26. The highest BCUT2D eigenvalue weighted by molar-refractivity contribution is 9.10. The van der Waals surface area contributed by atoms with Gasteiger partial charge in [-0.05, 0) is 33.9 Å². The molecule has 0 radical (unpaired) electrons. The fourth-order valence-electron chi connectivity index (χ4n) is 1.97. The molecule has 0 saturated carbocycles. The van der Waals surface area contributed by atoms with E-state index in [0.717, 1.165) is 21.0 Å². The van der Waals surface area contributed by atoms with Crippen LogP contribution < -0.4 is 20.0 Å². The summed E-state index contributed by atoms with van der Waals surface area (Å²) in [6.07, 6.45) is 1.69. The average molecular weight is 396 g/mol. The number of hydrogen-bond acceptors (Lipinski definition) is 8. The Kier molecular flexibility index (Phi) is 4.09. The summed E-state index contributed by atoms with van der Waals surface area (Å²) in [6.45, 7) is 0. The van der Waals surface area contributed by atoms with Crippen molar-refractivity contribution < 1.29 is 9.84 Å². The molecule has 8 nitrogen and oxygen atoms in total. The molecule has 1 aliphatic rings. The van der Waals surface area contributed by atoms with Crippen molar-refractivity contribution in [1.29, 1.82) is 0 Å². The highest BCUT2D eigenvalue weighted by Crippen LogP contribution is 2.20. The number of rotatable bonds is 2. The number of hydrogen-bond donors (Lipinski definition) is 1. The van der Waals surface area contributed by atoms with Gasteiger partial charge < -0.3 is 9.84 Å². The van der Waals surface area contributed by atoms with Crippen LogP contribution in [0.25, 0.3) is 11.9 Å². The maximum absolute atomic E-state index is 11.6. The third kappa shape index (κ3) is 2.82. The molecule has 2 aromatic rings. The lowest BCUT2D eigenvalue weighted by atomic mass is 10.2. The van der Waals surface area contributed by atoms with Crippen molar-refractivity contribution in [1.82, 2.24) is 4.57 Å². The molecule has 23 heavy (non-hydrogen) atoms. The summed E-state index contributed by atoms with van der Waals surface area (Å²) < 4.78 is 7.27. The molecule has 2 heterocycles. The molecule has 10 heteroatoms. The fourth-order valence-corrected chi connectivity index (χ4v) is 3.25. The second-order valence-corrected chi connectivity index (χ2v) is 6.38. The van der Waals surface area contributed by atoms with Crippen LogP contribution in [0.1, 0.15) is 4.88 Å². The third-order valence-electron chi connectivity index (χ3n) is 3.17. The molecule has 1 aliphatic heterocycles. The fraction of sp³-hybridized carbons (Fsp3) is 0.154. The smallest absolute Gasteiger partial charge is 0.310 e. The van der Waals surface area contributed by atoms with Gasteiger partial charge in [-0.3, -0.25) is 9.36 Å². The highest BCUT2D eigenvalue weighted by Gasteiger charge is 2.11.